The summed E-state index contributed by atoms with van der Waals surface area (Å²) in [7, 11) is 0. The van der Waals surface area contributed by atoms with Gasteiger partial charge < -0.3 is 4.74 Å². The van der Waals surface area contributed by atoms with Crippen LogP contribution in [0.15, 0.2) is 23.8 Å². The van der Waals surface area contributed by atoms with Crippen molar-refractivity contribution in [2.24, 2.45) is 11.8 Å². The summed E-state index contributed by atoms with van der Waals surface area (Å²) < 4.78 is 5.06. The van der Waals surface area contributed by atoms with Crippen molar-refractivity contribution >= 4 is 5.97 Å². The molecule has 2 nitrogen and oxygen atoms in total. The molecule has 2 heteroatoms. The van der Waals surface area contributed by atoms with E-state index in [1.54, 1.807) is 6.08 Å². The third-order valence-electron chi connectivity index (χ3n) is 2.85. The van der Waals surface area contributed by atoms with Crippen molar-refractivity contribution < 1.29 is 9.53 Å². The van der Waals surface area contributed by atoms with Crippen LogP contribution in [0.2, 0.25) is 0 Å². The van der Waals surface area contributed by atoms with Gasteiger partial charge in [-0.2, -0.15) is 0 Å². The molecule has 0 saturated carbocycles. The predicted octanol–water partition coefficient (Wildman–Crippen LogP) is 4.90. The summed E-state index contributed by atoms with van der Waals surface area (Å²) in [6, 6.07) is 0. The number of allylic oxidation sites excluding steroid dienone is 3. The van der Waals surface area contributed by atoms with Crippen LogP contribution in [0.5, 0.6) is 0 Å². The highest BCUT2D eigenvalue weighted by Gasteiger charge is 2.03. The Morgan fingerprint density at radius 3 is 2.26 bits per heavy atom. The van der Waals surface area contributed by atoms with E-state index in [0.29, 0.717) is 5.92 Å². The molecule has 0 radical (unpaired) electrons. The molecule has 1 unspecified atom stereocenters. The number of hydrogen-bond acceptors (Lipinski definition) is 2. The van der Waals surface area contributed by atoms with Crippen LogP contribution in [0.1, 0.15) is 60.8 Å². The first-order chi connectivity index (χ1) is 8.81. The van der Waals surface area contributed by atoms with Gasteiger partial charge in [0.25, 0.3) is 0 Å². The molecule has 0 aromatic heterocycles. The van der Waals surface area contributed by atoms with Crippen molar-refractivity contribution in [1.29, 1.82) is 0 Å². The van der Waals surface area contributed by atoms with E-state index in [1.165, 1.54) is 12.8 Å². The van der Waals surface area contributed by atoms with Crippen molar-refractivity contribution in [3.8, 4) is 0 Å². The van der Waals surface area contributed by atoms with Crippen LogP contribution in [0, 0.1) is 11.8 Å². The highest BCUT2D eigenvalue weighted by molar-refractivity contribution is 5.83. The first-order valence-electron chi connectivity index (χ1n) is 7.36. The van der Waals surface area contributed by atoms with Gasteiger partial charge in [0, 0.05) is 6.08 Å². The number of esters is 1. The fraction of sp³-hybridized carbons (Fsp3) is 0.706. The molecule has 1 atom stereocenters. The molecule has 0 fully saturated rings. The molecule has 19 heavy (non-hydrogen) atoms. The summed E-state index contributed by atoms with van der Waals surface area (Å²) in [4.78, 5) is 11.4. The summed E-state index contributed by atoms with van der Waals surface area (Å²) in [6.45, 7) is 12.4. The zero-order chi connectivity index (χ0) is 14.8. The Morgan fingerprint density at radius 1 is 1.11 bits per heavy atom. The van der Waals surface area contributed by atoms with Gasteiger partial charge >= 0.3 is 5.97 Å². The third kappa shape index (κ3) is 11.8. The van der Waals surface area contributed by atoms with E-state index < -0.39 is 0 Å². The molecule has 0 saturated heterocycles. The molecule has 0 amide bonds. The SMILES string of the molecule is CC(C=CCC(C)CCC(C)C)=CC(=O)OC(C)C. The molecule has 0 bridgehead atoms. The summed E-state index contributed by atoms with van der Waals surface area (Å²) in [5, 5.41) is 0. The summed E-state index contributed by atoms with van der Waals surface area (Å²) in [5.74, 6) is 1.22. The first-order valence-corrected chi connectivity index (χ1v) is 7.36. The normalized spacial score (nSPS) is 14.4. The van der Waals surface area contributed by atoms with Crippen molar-refractivity contribution in [3.63, 3.8) is 0 Å². The maximum absolute atomic E-state index is 11.4. The second-order valence-corrected chi connectivity index (χ2v) is 6.09. The molecule has 0 N–H and O–H groups in total. The Morgan fingerprint density at radius 2 is 1.74 bits per heavy atom. The lowest BCUT2D eigenvalue weighted by Crippen LogP contribution is -2.08. The number of hydrogen-bond donors (Lipinski definition) is 0. The van der Waals surface area contributed by atoms with Crippen molar-refractivity contribution in [3.05, 3.63) is 23.8 Å². The average Bonchev–Trinajstić information content (AvgIpc) is 2.24. The Kier molecular flexibility index (Phi) is 9.28. The molecule has 0 spiro atoms. The fourth-order valence-electron chi connectivity index (χ4n) is 1.72. The van der Waals surface area contributed by atoms with Gasteiger partial charge in [0.2, 0.25) is 0 Å². The van der Waals surface area contributed by atoms with Crippen molar-refractivity contribution in [1.82, 2.24) is 0 Å². The van der Waals surface area contributed by atoms with Crippen molar-refractivity contribution in [2.75, 3.05) is 0 Å². The monoisotopic (exact) mass is 266 g/mol. The summed E-state index contributed by atoms with van der Waals surface area (Å²) in [5.41, 5.74) is 0.946. The Bertz CT molecular complexity index is 311. The maximum atomic E-state index is 11.4. The smallest absolute Gasteiger partial charge is 0.331 e. The van der Waals surface area contributed by atoms with Gasteiger partial charge in [0.15, 0.2) is 0 Å². The van der Waals surface area contributed by atoms with Crippen LogP contribution in [0.3, 0.4) is 0 Å². The molecule has 0 aromatic rings. The zero-order valence-electron chi connectivity index (χ0n) is 13.4. The first kappa shape index (κ1) is 17.9. The molecular weight excluding hydrogens is 236 g/mol. The van der Waals surface area contributed by atoms with E-state index in [0.717, 1.165) is 17.9 Å². The van der Waals surface area contributed by atoms with Gasteiger partial charge in [-0.3, -0.25) is 0 Å². The fourth-order valence-corrected chi connectivity index (χ4v) is 1.72. The minimum Gasteiger partial charge on any atom is -0.460 e. The predicted molar refractivity (Wildman–Crippen MR) is 82.0 cm³/mol. The van der Waals surface area contributed by atoms with Gasteiger partial charge in [-0.15, -0.1) is 0 Å². The minimum atomic E-state index is -0.259. The lowest BCUT2D eigenvalue weighted by molar-refractivity contribution is -0.141. The van der Waals surface area contributed by atoms with Crippen LogP contribution in [-0.2, 0) is 9.53 Å². The largest absolute Gasteiger partial charge is 0.460 e. The van der Waals surface area contributed by atoms with Gasteiger partial charge in [-0.1, -0.05) is 45.8 Å². The number of carbonyl (C=O) groups excluding carboxylic acids is 1. The highest BCUT2D eigenvalue weighted by atomic mass is 16.5. The second kappa shape index (κ2) is 9.82. The molecule has 0 aliphatic rings. The highest BCUT2D eigenvalue weighted by Crippen LogP contribution is 2.15. The number of rotatable bonds is 8. The van der Waals surface area contributed by atoms with E-state index in [-0.39, 0.29) is 12.1 Å². The summed E-state index contributed by atoms with van der Waals surface area (Å²) in [6.07, 6.45) is 9.26. The van der Waals surface area contributed by atoms with Crippen LogP contribution >= 0.6 is 0 Å². The molecule has 0 aliphatic heterocycles. The van der Waals surface area contributed by atoms with E-state index in [9.17, 15) is 4.79 Å². The lowest BCUT2D eigenvalue weighted by atomic mass is 9.96. The topological polar surface area (TPSA) is 26.3 Å². The van der Waals surface area contributed by atoms with Crippen molar-refractivity contribution in [2.45, 2.75) is 66.9 Å². The Hall–Kier alpha value is -1.05. The minimum absolute atomic E-state index is 0.0587. The van der Waals surface area contributed by atoms with Crippen LogP contribution in [0.4, 0.5) is 0 Å². The van der Waals surface area contributed by atoms with E-state index >= 15 is 0 Å². The average molecular weight is 266 g/mol. The van der Waals surface area contributed by atoms with Crippen LogP contribution in [-0.4, -0.2) is 12.1 Å². The molecule has 0 aliphatic carbocycles. The lowest BCUT2D eigenvalue weighted by Gasteiger charge is -2.10. The molecular formula is C17H30O2. The zero-order valence-corrected chi connectivity index (χ0v) is 13.4. The quantitative estimate of drug-likeness (QED) is 0.355. The van der Waals surface area contributed by atoms with Crippen LogP contribution < -0.4 is 0 Å². The third-order valence-corrected chi connectivity index (χ3v) is 2.85. The second-order valence-electron chi connectivity index (χ2n) is 6.09. The van der Waals surface area contributed by atoms with Gasteiger partial charge in [-0.05, 0) is 44.6 Å². The number of carbonyl (C=O) groups is 1. The van der Waals surface area contributed by atoms with Gasteiger partial charge in [0.05, 0.1) is 6.10 Å². The Labute approximate surface area is 118 Å². The maximum Gasteiger partial charge on any atom is 0.331 e. The molecule has 0 rings (SSSR count). The molecule has 0 aromatic carbocycles. The van der Waals surface area contributed by atoms with Gasteiger partial charge in [-0.25, -0.2) is 4.79 Å². The van der Waals surface area contributed by atoms with E-state index in [1.807, 2.05) is 26.8 Å². The van der Waals surface area contributed by atoms with Gasteiger partial charge in [0.1, 0.15) is 0 Å². The van der Waals surface area contributed by atoms with E-state index in [2.05, 4.69) is 26.8 Å². The molecule has 0 heterocycles. The molecule has 110 valence electrons. The Balaban J connectivity index is 4.04. The number of ether oxygens (including phenoxy) is 1. The standard InChI is InChI=1S/C17H30O2/c1-13(2)10-11-15(5)8-7-9-16(6)12-17(18)19-14(3)4/h7,9,12-15H,8,10-11H2,1-6H3. The van der Waals surface area contributed by atoms with Crippen LogP contribution in [0.25, 0.3) is 0 Å². The summed E-state index contributed by atoms with van der Waals surface area (Å²) >= 11 is 0. The van der Waals surface area contributed by atoms with E-state index in [4.69, 9.17) is 4.74 Å².